The molecule has 1 amide bonds. The Hall–Kier alpha value is -1.03. The summed E-state index contributed by atoms with van der Waals surface area (Å²) in [6.07, 6.45) is 0.604. The SMILES string of the molecule is CS(=O)(=O)[O-].Cc1sc[n+](CC(=O)N2CCOCC2)c1C. The summed E-state index contributed by atoms with van der Waals surface area (Å²) >= 11 is 1.69. The number of carbonyl (C=O) groups excluding carboxylic acids is 1. The van der Waals surface area contributed by atoms with Gasteiger partial charge in [0.25, 0.3) is 5.91 Å². The Morgan fingerprint density at radius 3 is 2.38 bits per heavy atom. The van der Waals surface area contributed by atoms with Gasteiger partial charge < -0.3 is 14.2 Å². The molecule has 0 atom stereocenters. The Kier molecular flexibility index (Phi) is 6.72. The number of amides is 1. The van der Waals surface area contributed by atoms with Crippen LogP contribution in [0.15, 0.2) is 5.51 Å². The standard InChI is InChI=1S/C11H17N2O2S.CH4O3S/c1-9-10(2)16-8-13(9)7-11(14)12-3-5-15-6-4-12;1-5(2,3)4/h8H,3-7H2,1-2H3;1H3,(H,2,3,4)/q+1;/p-1. The number of carbonyl (C=O) groups is 1. The molecule has 2 heterocycles. The first-order valence-corrected chi connectivity index (χ1v) is 9.08. The van der Waals surface area contributed by atoms with Crippen LogP contribution in [0.2, 0.25) is 0 Å². The maximum Gasteiger partial charge on any atom is 0.288 e. The summed E-state index contributed by atoms with van der Waals surface area (Å²) in [7, 11) is -3.92. The molecular formula is C12H20N2O5S2. The molecule has 21 heavy (non-hydrogen) atoms. The van der Waals surface area contributed by atoms with E-state index in [1.165, 1.54) is 10.6 Å². The molecule has 1 aliphatic rings. The third kappa shape index (κ3) is 6.98. The third-order valence-electron chi connectivity index (χ3n) is 2.97. The van der Waals surface area contributed by atoms with Crippen LogP contribution >= 0.6 is 11.3 Å². The van der Waals surface area contributed by atoms with Crippen LogP contribution in [-0.2, 0) is 26.2 Å². The van der Waals surface area contributed by atoms with Crippen molar-refractivity contribution in [2.24, 2.45) is 0 Å². The summed E-state index contributed by atoms with van der Waals surface area (Å²) in [4.78, 5) is 15.1. The van der Waals surface area contributed by atoms with E-state index in [9.17, 15) is 4.79 Å². The van der Waals surface area contributed by atoms with Gasteiger partial charge >= 0.3 is 0 Å². The topological polar surface area (TPSA) is 90.6 Å². The monoisotopic (exact) mass is 336 g/mol. The van der Waals surface area contributed by atoms with E-state index in [4.69, 9.17) is 17.7 Å². The van der Waals surface area contributed by atoms with Crippen molar-refractivity contribution in [2.45, 2.75) is 20.4 Å². The van der Waals surface area contributed by atoms with Crippen LogP contribution in [0.1, 0.15) is 10.6 Å². The molecule has 9 heteroatoms. The maximum atomic E-state index is 12.0. The lowest BCUT2D eigenvalue weighted by Gasteiger charge is -2.25. The zero-order valence-electron chi connectivity index (χ0n) is 12.4. The van der Waals surface area contributed by atoms with E-state index in [-0.39, 0.29) is 5.91 Å². The molecule has 2 rings (SSSR count). The lowest BCUT2D eigenvalue weighted by Crippen LogP contribution is -2.48. The van der Waals surface area contributed by atoms with Gasteiger partial charge in [-0.15, -0.1) is 0 Å². The highest BCUT2D eigenvalue weighted by atomic mass is 32.2. The predicted molar refractivity (Wildman–Crippen MR) is 77.0 cm³/mol. The van der Waals surface area contributed by atoms with Gasteiger partial charge in [0.05, 0.1) is 28.2 Å². The highest BCUT2D eigenvalue weighted by Crippen LogP contribution is 2.08. The third-order valence-corrected chi connectivity index (χ3v) is 3.98. The highest BCUT2D eigenvalue weighted by molar-refractivity contribution is 7.84. The molecule has 0 unspecified atom stereocenters. The Morgan fingerprint density at radius 2 is 1.95 bits per heavy atom. The Labute approximate surface area is 128 Å². The number of aromatic nitrogens is 1. The molecule has 0 aliphatic carbocycles. The molecule has 0 bridgehead atoms. The molecule has 0 spiro atoms. The van der Waals surface area contributed by atoms with Crippen LogP contribution in [0.25, 0.3) is 0 Å². The molecule has 120 valence electrons. The van der Waals surface area contributed by atoms with Crippen molar-refractivity contribution < 1.29 is 27.1 Å². The van der Waals surface area contributed by atoms with Crippen molar-refractivity contribution in [1.82, 2.24) is 4.90 Å². The average Bonchev–Trinajstić information content (AvgIpc) is 2.70. The number of aryl methyl sites for hydroxylation is 1. The highest BCUT2D eigenvalue weighted by Gasteiger charge is 2.22. The predicted octanol–water partition coefficient (Wildman–Crippen LogP) is -0.327. The van der Waals surface area contributed by atoms with Crippen molar-refractivity contribution in [3.05, 3.63) is 16.1 Å². The Bertz CT molecular complexity index is 568. The van der Waals surface area contributed by atoms with Gasteiger partial charge in [0.2, 0.25) is 12.1 Å². The molecule has 1 aromatic heterocycles. The lowest BCUT2D eigenvalue weighted by molar-refractivity contribution is -0.686. The van der Waals surface area contributed by atoms with Gasteiger partial charge in [-0.2, -0.15) is 4.57 Å². The first-order valence-electron chi connectivity index (χ1n) is 6.39. The summed E-state index contributed by atoms with van der Waals surface area (Å²) in [5, 5.41) is 0. The molecule has 0 N–H and O–H groups in total. The van der Waals surface area contributed by atoms with E-state index >= 15 is 0 Å². The summed E-state index contributed by atoms with van der Waals surface area (Å²) in [6, 6.07) is 0. The van der Waals surface area contributed by atoms with Crippen LogP contribution in [0.5, 0.6) is 0 Å². The first-order chi connectivity index (χ1) is 9.68. The van der Waals surface area contributed by atoms with Gasteiger partial charge in [0.1, 0.15) is 0 Å². The second-order valence-electron chi connectivity index (χ2n) is 4.69. The van der Waals surface area contributed by atoms with E-state index in [1.54, 1.807) is 11.3 Å². The van der Waals surface area contributed by atoms with Gasteiger partial charge in [0.15, 0.2) is 5.69 Å². The molecule has 0 aromatic carbocycles. The Balaban J connectivity index is 0.000000383. The number of ether oxygens (including phenoxy) is 1. The van der Waals surface area contributed by atoms with Gasteiger partial charge in [-0.3, -0.25) is 4.79 Å². The number of hydrogen-bond acceptors (Lipinski definition) is 6. The molecular weight excluding hydrogens is 316 g/mol. The van der Waals surface area contributed by atoms with E-state index in [2.05, 4.69) is 13.8 Å². The molecule has 7 nitrogen and oxygen atoms in total. The number of thiazole rings is 1. The van der Waals surface area contributed by atoms with Gasteiger partial charge in [0, 0.05) is 26.3 Å². The lowest BCUT2D eigenvalue weighted by atomic mass is 10.3. The van der Waals surface area contributed by atoms with E-state index in [0.717, 1.165) is 13.1 Å². The number of hydrogen-bond donors (Lipinski definition) is 0. The van der Waals surface area contributed by atoms with Gasteiger partial charge in [-0.25, -0.2) is 8.42 Å². The van der Waals surface area contributed by atoms with Gasteiger partial charge in [-0.05, 0) is 6.92 Å². The summed E-state index contributed by atoms with van der Waals surface area (Å²) in [5.41, 5.74) is 3.20. The van der Waals surface area contributed by atoms with Crippen molar-refractivity contribution in [1.29, 1.82) is 0 Å². The van der Waals surface area contributed by atoms with E-state index < -0.39 is 10.1 Å². The fraction of sp³-hybridized carbons (Fsp3) is 0.667. The number of nitrogens with zero attached hydrogens (tertiary/aromatic N) is 2. The maximum absolute atomic E-state index is 12.0. The minimum atomic E-state index is -3.92. The van der Waals surface area contributed by atoms with Crippen LogP contribution in [0.4, 0.5) is 0 Å². The smallest absolute Gasteiger partial charge is 0.288 e. The average molecular weight is 336 g/mol. The second kappa shape index (κ2) is 7.83. The molecule has 1 saturated heterocycles. The van der Waals surface area contributed by atoms with Crippen molar-refractivity contribution >= 4 is 27.4 Å². The van der Waals surface area contributed by atoms with Crippen molar-refractivity contribution in [3.63, 3.8) is 0 Å². The fourth-order valence-corrected chi connectivity index (χ4v) is 2.53. The molecule has 1 aromatic rings. The molecule has 0 saturated carbocycles. The summed E-state index contributed by atoms with van der Waals surface area (Å²) in [5.74, 6) is 0.189. The van der Waals surface area contributed by atoms with Crippen LogP contribution in [0, 0.1) is 13.8 Å². The number of morpholine rings is 1. The van der Waals surface area contributed by atoms with Crippen LogP contribution < -0.4 is 4.57 Å². The summed E-state index contributed by atoms with van der Waals surface area (Å²) < 4.78 is 34.5. The molecule has 1 aliphatic heterocycles. The zero-order chi connectivity index (χ0) is 16.0. The van der Waals surface area contributed by atoms with E-state index in [1.807, 2.05) is 15.0 Å². The minimum absolute atomic E-state index is 0.189. The first kappa shape index (κ1) is 18.0. The zero-order valence-corrected chi connectivity index (χ0v) is 14.0. The van der Waals surface area contributed by atoms with Crippen LogP contribution in [-0.4, -0.2) is 56.3 Å². The minimum Gasteiger partial charge on any atom is -0.748 e. The molecule has 1 fully saturated rings. The van der Waals surface area contributed by atoms with Gasteiger partial charge in [-0.1, -0.05) is 11.3 Å². The van der Waals surface area contributed by atoms with Crippen molar-refractivity contribution in [2.75, 3.05) is 32.6 Å². The van der Waals surface area contributed by atoms with E-state index in [0.29, 0.717) is 26.0 Å². The number of rotatable bonds is 2. The quantitative estimate of drug-likeness (QED) is 0.545. The molecule has 0 radical (unpaired) electrons. The van der Waals surface area contributed by atoms with Crippen LogP contribution in [0.3, 0.4) is 0 Å². The fourth-order valence-electron chi connectivity index (χ4n) is 1.72. The normalized spacial score (nSPS) is 15.3. The summed E-state index contributed by atoms with van der Waals surface area (Å²) in [6.45, 7) is 7.36. The van der Waals surface area contributed by atoms with Crippen molar-refractivity contribution in [3.8, 4) is 0 Å². The largest absolute Gasteiger partial charge is 0.748 e. The Morgan fingerprint density at radius 1 is 1.43 bits per heavy atom. The second-order valence-corrected chi connectivity index (χ2v) is 7.16.